The molecular weight excluding hydrogens is 326 g/mol. The van der Waals surface area contributed by atoms with Crippen molar-refractivity contribution in [3.05, 3.63) is 46.3 Å². The van der Waals surface area contributed by atoms with Crippen LogP contribution < -0.4 is 5.32 Å². The zero-order chi connectivity index (χ0) is 16.9. The lowest BCUT2D eigenvalue weighted by Crippen LogP contribution is -2.31. The maximum atomic E-state index is 12.2. The molecule has 0 unspecified atom stereocenters. The van der Waals surface area contributed by atoms with Crippen molar-refractivity contribution in [2.45, 2.75) is 12.8 Å². The summed E-state index contributed by atoms with van der Waals surface area (Å²) in [5.74, 6) is -0.777. The lowest BCUT2D eigenvalue weighted by molar-refractivity contribution is -0.124. The molecule has 0 radical (unpaired) electrons. The van der Waals surface area contributed by atoms with Gasteiger partial charge in [0.1, 0.15) is 4.88 Å². The summed E-state index contributed by atoms with van der Waals surface area (Å²) < 4.78 is 9.95. The number of esters is 1. The van der Waals surface area contributed by atoms with Gasteiger partial charge in [-0.25, -0.2) is 4.79 Å². The fourth-order valence-electron chi connectivity index (χ4n) is 2.72. The van der Waals surface area contributed by atoms with Gasteiger partial charge < -0.3 is 14.8 Å². The molecule has 1 aliphatic rings. The summed E-state index contributed by atoms with van der Waals surface area (Å²) in [5.41, 5.74) is 3.68. The number of amides is 1. The van der Waals surface area contributed by atoms with Crippen LogP contribution in [0.2, 0.25) is 0 Å². The van der Waals surface area contributed by atoms with Crippen molar-refractivity contribution in [2.75, 3.05) is 26.9 Å². The summed E-state index contributed by atoms with van der Waals surface area (Å²) in [6.07, 6.45) is 1.91. The smallest absolute Gasteiger partial charge is 0.348 e. The number of nitrogens with one attached hydrogen (secondary N) is 1. The minimum absolute atomic E-state index is 0.276. The van der Waals surface area contributed by atoms with Gasteiger partial charge in [0, 0.05) is 18.5 Å². The molecule has 0 atom stereocenters. The maximum Gasteiger partial charge on any atom is 0.348 e. The van der Waals surface area contributed by atoms with E-state index in [9.17, 15) is 9.59 Å². The number of hydrogen-bond acceptors (Lipinski definition) is 5. The minimum Gasteiger partial charge on any atom is -0.451 e. The molecule has 0 spiro atoms. The van der Waals surface area contributed by atoms with E-state index >= 15 is 0 Å². The van der Waals surface area contributed by atoms with Crippen LogP contribution in [0.1, 0.15) is 20.8 Å². The van der Waals surface area contributed by atoms with Crippen molar-refractivity contribution < 1.29 is 19.1 Å². The van der Waals surface area contributed by atoms with E-state index in [-0.39, 0.29) is 12.5 Å². The fourth-order valence-corrected chi connectivity index (χ4v) is 3.88. The highest BCUT2D eigenvalue weighted by atomic mass is 32.1. The number of aryl methyl sites for hydroxylation is 2. The third-order valence-corrected chi connectivity index (χ3v) is 5.09. The first-order valence-corrected chi connectivity index (χ1v) is 8.64. The molecule has 0 aliphatic heterocycles. The van der Waals surface area contributed by atoms with E-state index in [4.69, 9.17) is 9.47 Å². The molecule has 2 aromatic rings. The maximum absolute atomic E-state index is 12.2. The Morgan fingerprint density at radius 2 is 2.00 bits per heavy atom. The summed E-state index contributed by atoms with van der Waals surface area (Å²) >= 11 is 1.43. The van der Waals surface area contributed by atoms with Crippen LogP contribution in [0, 0.1) is 0 Å². The highest BCUT2D eigenvalue weighted by Gasteiger charge is 2.22. The normalized spacial score (nSPS) is 12.2. The van der Waals surface area contributed by atoms with Crippen molar-refractivity contribution in [2.24, 2.45) is 0 Å². The Labute approximate surface area is 144 Å². The van der Waals surface area contributed by atoms with Gasteiger partial charge in [-0.05, 0) is 35.6 Å². The minimum atomic E-state index is -0.450. The zero-order valence-corrected chi connectivity index (χ0v) is 14.3. The lowest BCUT2D eigenvalue weighted by Gasteiger charge is -2.15. The molecule has 0 saturated carbocycles. The molecule has 1 aromatic heterocycles. The quantitative estimate of drug-likeness (QED) is 0.645. The Morgan fingerprint density at radius 3 is 2.83 bits per heavy atom. The number of rotatable bonds is 6. The van der Waals surface area contributed by atoms with E-state index in [1.54, 1.807) is 7.11 Å². The highest BCUT2D eigenvalue weighted by Crippen LogP contribution is 2.39. The van der Waals surface area contributed by atoms with Crippen LogP contribution in [0.5, 0.6) is 0 Å². The molecule has 0 saturated heterocycles. The van der Waals surface area contributed by atoms with Crippen LogP contribution in [-0.4, -0.2) is 38.7 Å². The first-order chi connectivity index (χ1) is 11.7. The number of methoxy groups -OCH3 is 1. The van der Waals surface area contributed by atoms with Gasteiger partial charge in [0.25, 0.3) is 5.91 Å². The zero-order valence-electron chi connectivity index (χ0n) is 13.5. The summed E-state index contributed by atoms with van der Waals surface area (Å²) in [7, 11) is 1.56. The molecule has 1 aliphatic carbocycles. The van der Waals surface area contributed by atoms with Crippen LogP contribution in [0.25, 0.3) is 10.4 Å². The Balaban J connectivity index is 1.64. The molecule has 5 nitrogen and oxygen atoms in total. The van der Waals surface area contributed by atoms with Crippen LogP contribution in [0.15, 0.2) is 30.3 Å². The van der Waals surface area contributed by atoms with Crippen LogP contribution >= 0.6 is 11.3 Å². The van der Waals surface area contributed by atoms with Crippen molar-refractivity contribution in [1.82, 2.24) is 5.32 Å². The standard InChI is InChI=1S/C18H19NO4S/c1-22-9-8-19-16(20)11-23-18(21)15-10-13-7-6-12-4-2-3-5-14(12)17(13)24-15/h2-5,10H,6-9,11H2,1H3,(H,19,20). The first kappa shape index (κ1) is 16.7. The van der Waals surface area contributed by atoms with E-state index in [2.05, 4.69) is 17.4 Å². The summed E-state index contributed by atoms with van der Waals surface area (Å²) in [5, 5.41) is 2.61. The third kappa shape index (κ3) is 3.66. The average molecular weight is 345 g/mol. The van der Waals surface area contributed by atoms with Gasteiger partial charge in [0.15, 0.2) is 6.61 Å². The summed E-state index contributed by atoms with van der Waals surface area (Å²) in [6.45, 7) is 0.551. The number of hydrogen-bond donors (Lipinski definition) is 1. The van der Waals surface area contributed by atoms with E-state index in [0.29, 0.717) is 18.0 Å². The highest BCUT2D eigenvalue weighted by molar-refractivity contribution is 7.17. The molecule has 6 heteroatoms. The number of thiophene rings is 1. The summed E-state index contributed by atoms with van der Waals surface area (Å²) in [4.78, 5) is 25.4. The Kier molecular flexibility index (Phi) is 5.27. The molecule has 0 fully saturated rings. The topological polar surface area (TPSA) is 64.6 Å². The van der Waals surface area contributed by atoms with E-state index in [1.807, 2.05) is 18.2 Å². The molecular formula is C18H19NO4S. The molecule has 1 aromatic carbocycles. The van der Waals surface area contributed by atoms with Crippen LogP contribution in [0.4, 0.5) is 0 Å². The van der Waals surface area contributed by atoms with Gasteiger partial charge in [-0.1, -0.05) is 24.3 Å². The molecule has 3 rings (SSSR count). The second-order valence-electron chi connectivity index (χ2n) is 5.54. The fraction of sp³-hybridized carbons (Fsp3) is 0.333. The molecule has 24 heavy (non-hydrogen) atoms. The van der Waals surface area contributed by atoms with E-state index < -0.39 is 5.97 Å². The van der Waals surface area contributed by atoms with Gasteiger partial charge in [0.2, 0.25) is 0 Å². The Hall–Kier alpha value is -2.18. The number of carbonyl (C=O) groups excluding carboxylic acids is 2. The molecule has 1 N–H and O–H groups in total. The predicted molar refractivity (Wildman–Crippen MR) is 92.3 cm³/mol. The van der Waals surface area contributed by atoms with E-state index in [1.165, 1.54) is 28.0 Å². The van der Waals surface area contributed by atoms with Crippen molar-refractivity contribution in [1.29, 1.82) is 0 Å². The number of ether oxygens (including phenoxy) is 2. The van der Waals surface area contributed by atoms with Crippen LogP contribution in [0.3, 0.4) is 0 Å². The third-order valence-electron chi connectivity index (χ3n) is 3.90. The van der Waals surface area contributed by atoms with Crippen molar-refractivity contribution in [3.8, 4) is 10.4 Å². The largest absolute Gasteiger partial charge is 0.451 e. The first-order valence-electron chi connectivity index (χ1n) is 7.83. The second-order valence-corrected chi connectivity index (χ2v) is 6.59. The number of benzene rings is 1. The molecule has 126 valence electrons. The van der Waals surface area contributed by atoms with Gasteiger partial charge in [-0.2, -0.15) is 0 Å². The second kappa shape index (κ2) is 7.59. The van der Waals surface area contributed by atoms with Gasteiger partial charge in [-0.15, -0.1) is 11.3 Å². The SMILES string of the molecule is COCCNC(=O)COC(=O)c1cc2c(s1)-c1ccccc1CC2. The summed E-state index contributed by atoms with van der Waals surface area (Å²) in [6, 6.07) is 10.1. The van der Waals surface area contributed by atoms with Crippen LogP contribution in [-0.2, 0) is 27.1 Å². The lowest BCUT2D eigenvalue weighted by atomic mass is 9.91. The average Bonchev–Trinajstić information content (AvgIpc) is 3.05. The van der Waals surface area contributed by atoms with Gasteiger partial charge in [-0.3, -0.25) is 4.79 Å². The molecule has 1 amide bonds. The molecule has 0 bridgehead atoms. The Morgan fingerprint density at radius 1 is 1.21 bits per heavy atom. The number of carbonyl (C=O) groups is 2. The Bertz CT molecular complexity index is 753. The van der Waals surface area contributed by atoms with Crippen molar-refractivity contribution in [3.63, 3.8) is 0 Å². The monoisotopic (exact) mass is 345 g/mol. The predicted octanol–water partition coefficient (Wildman–Crippen LogP) is 2.43. The van der Waals surface area contributed by atoms with Crippen molar-refractivity contribution >= 4 is 23.2 Å². The number of fused-ring (bicyclic) bond motifs is 3. The van der Waals surface area contributed by atoms with Gasteiger partial charge in [0.05, 0.1) is 6.61 Å². The molecule has 1 heterocycles. The van der Waals surface area contributed by atoms with E-state index in [0.717, 1.165) is 17.7 Å². The van der Waals surface area contributed by atoms with Gasteiger partial charge >= 0.3 is 5.97 Å².